The fourth-order valence-corrected chi connectivity index (χ4v) is 4.61. The number of H-pyrrole nitrogens is 1. The second kappa shape index (κ2) is 7.31. The first kappa shape index (κ1) is 20.7. The highest BCUT2D eigenvalue weighted by molar-refractivity contribution is 5.87. The van der Waals surface area contributed by atoms with Crippen LogP contribution >= 0.6 is 0 Å². The molecule has 0 amide bonds. The number of nitrogens with one attached hydrogen (secondary N) is 1. The van der Waals surface area contributed by atoms with Crippen LogP contribution in [-0.2, 0) is 24.0 Å². The molecule has 1 N–H and O–H groups in total. The Morgan fingerprint density at radius 3 is 2.23 bits per heavy atom. The predicted molar refractivity (Wildman–Crippen MR) is 129 cm³/mol. The van der Waals surface area contributed by atoms with E-state index < -0.39 is 0 Å². The minimum atomic E-state index is 0.120. The van der Waals surface area contributed by atoms with Crippen molar-refractivity contribution in [3.05, 3.63) is 71.5 Å². The number of hydrogen-bond acceptors (Lipinski definition) is 1. The van der Waals surface area contributed by atoms with Gasteiger partial charge in [0, 0.05) is 40.7 Å². The summed E-state index contributed by atoms with van der Waals surface area (Å²) in [5, 5.41) is 2.74. The summed E-state index contributed by atoms with van der Waals surface area (Å²) >= 11 is 0. The number of fused-ring (bicyclic) bond motifs is 2. The fourth-order valence-electron chi connectivity index (χ4n) is 4.61. The van der Waals surface area contributed by atoms with Crippen LogP contribution in [0, 0.1) is 0 Å². The molecule has 158 valence electrons. The lowest BCUT2D eigenvalue weighted by Gasteiger charge is -2.23. The van der Waals surface area contributed by atoms with Crippen molar-refractivity contribution >= 4 is 21.8 Å². The van der Waals surface area contributed by atoms with Gasteiger partial charge in [-0.3, -0.25) is 4.90 Å². The molecule has 0 atom stereocenters. The first-order valence-electron chi connectivity index (χ1n) is 10.9. The summed E-state index contributed by atoms with van der Waals surface area (Å²) in [4.78, 5) is 5.88. The molecule has 0 unspecified atom stereocenters. The Kier molecular flexibility index (Phi) is 5.06. The first-order valence-corrected chi connectivity index (χ1v) is 10.9. The molecule has 3 nitrogen and oxygen atoms in total. The van der Waals surface area contributed by atoms with E-state index in [1.165, 1.54) is 38.5 Å². The lowest BCUT2D eigenvalue weighted by molar-refractivity contribution is 0.266. The average molecular weight is 402 g/mol. The van der Waals surface area contributed by atoms with E-state index in [0.29, 0.717) is 0 Å². The van der Waals surface area contributed by atoms with Crippen molar-refractivity contribution in [2.24, 2.45) is 0 Å². The number of aromatic amines is 1. The standard InChI is InChI=1S/C27H35N3/c1-26(2,3)21-10-9-13-24-20(21)14-15-30(24)18-29(7)17-19-16-28-23-12-8-11-22(25(19)23)27(4,5)6/h8-16,28H,17-18H2,1-7H3. The van der Waals surface area contributed by atoms with Crippen LogP contribution in [0.25, 0.3) is 21.8 Å². The number of benzene rings is 2. The molecule has 0 fully saturated rings. The van der Waals surface area contributed by atoms with Crippen LogP contribution in [0.5, 0.6) is 0 Å². The average Bonchev–Trinajstić information content (AvgIpc) is 3.24. The van der Waals surface area contributed by atoms with Crippen LogP contribution in [-0.4, -0.2) is 21.5 Å². The summed E-state index contributed by atoms with van der Waals surface area (Å²) in [6.45, 7) is 15.5. The van der Waals surface area contributed by atoms with E-state index in [1.54, 1.807) is 0 Å². The molecule has 0 bridgehead atoms. The van der Waals surface area contributed by atoms with Gasteiger partial charge in [0.25, 0.3) is 0 Å². The van der Waals surface area contributed by atoms with Gasteiger partial charge in [0.05, 0.1) is 6.67 Å². The molecule has 4 rings (SSSR count). The van der Waals surface area contributed by atoms with E-state index in [9.17, 15) is 0 Å². The van der Waals surface area contributed by atoms with Crippen molar-refractivity contribution in [2.45, 2.75) is 65.6 Å². The largest absolute Gasteiger partial charge is 0.361 e. The smallest absolute Gasteiger partial charge is 0.0751 e. The van der Waals surface area contributed by atoms with E-state index in [1.807, 2.05) is 0 Å². The zero-order valence-corrected chi connectivity index (χ0v) is 19.5. The SMILES string of the molecule is CN(Cc1c[nH]c2cccc(C(C)(C)C)c12)Cn1ccc2c(C(C)(C)C)cccc21. The van der Waals surface area contributed by atoms with Crippen molar-refractivity contribution in [2.75, 3.05) is 7.05 Å². The lowest BCUT2D eigenvalue weighted by Crippen LogP contribution is -2.21. The molecule has 0 radical (unpaired) electrons. The second-order valence-electron chi connectivity index (χ2n) is 10.7. The van der Waals surface area contributed by atoms with Crippen molar-refractivity contribution in [3.63, 3.8) is 0 Å². The zero-order valence-electron chi connectivity index (χ0n) is 19.5. The third-order valence-electron chi connectivity index (χ3n) is 6.05. The molecule has 0 aliphatic rings. The number of hydrogen-bond donors (Lipinski definition) is 1. The minimum Gasteiger partial charge on any atom is -0.361 e. The minimum absolute atomic E-state index is 0.120. The maximum Gasteiger partial charge on any atom is 0.0751 e. The molecule has 2 aromatic carbocycles. The highest BCUT2D eigenvalue weighted by atomic mass is 15.2. The lowest BCUT2D eigenvalue weighted by atomic mass is 9.84. The van der Waals surface area contributed by atoms with Crippen LogP contribution in [0.4, 0.5) is 0 Å². The number of nitrogens with zero attached hydrogens (tertiary/aromatic N) is 2. The van der Waals surface area contributed by atoms with Gasteiger partial charge in [-0.15, -0.1) is 0 Å². The third kappa shape index (κ3) is 3.79. The number of aromatic nitrogens is 2. The van der Waals surface area contributed by atoms with Crippen LogP contribution in [0.15, 0.2) is 54.9 Å². The molecule has 3 heteroatoms. The Morgan fingerprint density at radius 2 is 1.53 bits per heavy atom. The molecule has 0 aliphatic heterocycles. The van der Waals surface area contributed by atoms with Crippen LogP contribution < -0.4 is 0 Å². The van der Waals surface area contributed by atoms with E-state index in [-0.39, 0.29) is 10.8 Å². The first-order chi connectivity index (χ1) is 14.1. The van der Waals surface area contributed by atoms with E-state index >= 15 is 0 Å². The summed E-state index contributed by atoms with van der Waals surface area (Å²) in [5.74, 6) is 0. The summed E-state index contributed by atoms with van der Waals surface area (Å²) in [5.41, 5.74) is 6.99. The van der Waals surface area contributed by atoms with Crippen molar-refractivity contribution in [1.82, 2.24) is 14.5 Å². The zero-order chi connectivity index (χ0) is 21.7. The van der Waals surface area contributed by atoms with Crippen molar-refractivity contribution in [3.8, 4) is 0 Å². The summed E-state index contributed by atoms with van der Waals surface area (Å²) in [7, 11) is 2.21. The highest BCUT2D eigenvalue weighted by Crippen LogP contribution is 2.33. The molecule has 2 aromatic heterocycles. The number of rotatable bonds is 4. The van der Waals surface area contributed by atoms with Gasteiger partial charge < -0.3 is 9.55 Å². The molecule has 0 spiro atoms. The van der Waals surface area contributed by atoms with Crippen LogP contribution in [0.3, 0.4) is 0 Å². The Morgan fingerprint density at radius 1 is 0.867 bits per heavy atom. The summed E-state index contributed by atoms with van der Waals surface area (Å²) in [6.07, 6.45) is 4.41. The normalized spacial score (nSPS) is 13.1. The van der Waals surface area contributed by atoms with Gasteiger partial charge in [0.2, 0.25) is 0 Å². The third-order valence-corrected chi connectivity index (χ3v) is 6.05. The Balaban J connectivity index is 1.63. The predicted octanol–water partition coefficient (Wildman–Crippen LogP) is 6.81. The van der Waals surface area contributed by atoms with E-state index in [0.717, 1.165) is 13.2 Å². The van der Waals surface area contributed by atoms with Gasteiger partial charge in [-0.2, -0.15) is 0 Å². The molecule has 0 saturated heterocycles. The monoisotopic (exact) mass is 401 g/mol. The Labute approximate surface area is 180 Å². The van der Waals surface area contributed by atoms with Gasteiger partial charge in [0.1, 0.15) is 0 Å². The molecular weight excluding hydrogens is 366 g/mol. The molecule has 0 saturated carbocycles. The van der Waals surface area contributed by atoms with Gasteiger partial charge in [-0.25, -0.2) is 0 Å². The maximum absolute atomic E-state index is 3.49. The van der Waals surface area contributed by atoms with Crippen molar-refractivity contribution in [1.29, 1.82) is 0 Å². The molecule has 30 heavy (non-hydrogen) atoms. The van der Waals surface area contributed by atoms with Gasteiger partial charge in [-0.05, 0) is 52.8 Å². The second-order valence-corrected chi connectivity index (χ2v) is 10.7. The maximum atomic E-state index is 3.49. The highest BCUT2D eigenvalue weighted by Gasteiger charge is 2.21. The van der Waals surface area contributed by atoms with E-state index in [2.05, 4.69) is 118 Å². The van der Waals surface area contributed by atoms with Gasteiger partial charge in [0.15, 0.2) is 0 Å². The molecule has 2 heterocycles. The summed E-state index contributed by atoms with van der Waals surface area (Å²) in [6, 6.07) is 15.6. The molecular formula is C27H35N3. The summed E-state index contributed by atoms with van der Waals surface area (Å²) < 4.78 is 2.37. The quantitative estimate of drug-likeness (QED) is 0.399. The van der Waals surface area contributed by atoms with Crippen LogP contribution in [0.1, 0.15) is 58.2 Å². The van der Waals surface area contributed by atoms with Crippen LogP contribution in [0.2, 0.25) is 0 Å². The molecule has 0 aliphatic carbocycles. The van der Waals surface area contributed by atoms with Crippen molar-refractivity contribution < 1.29 is 0 Å². The Hall–Kier alpha value is -2.52. The molecule has 4 aromatic rings. The van der Waals surface area contributed by atoms with E-state index in [4.69, 9.17) is 0 Å². The van der Waals surface area contributed by atoms with Gasteiger partial charge in [-0.1, -0.05) is 65.8 Å². The fraction of sp³-hybridized carbons (Fsp3) is 0.407. The Bertz CT molecular complexity index is 1180. The van der Waals surface area contributed by atoms with Gasteiger partial charge >= 0.3 is 0 Å². The topological polar surface area (TPSA) is 24.0 Å².